The van der Waals surface area contributed by atoms with Gasteiger partial charge in [-0.2, -0.15) is 0 Å². The molecule has 0 amide bonds. The fraction of sp³-hybridized carbons (Fsp3) is 0.769. The number of nitrogens with zero attached hydrogens (tertiary/aromatic N) is 1. The highest BCUT2D eigenvalue weighted by Crippen LogP contribution is 2.35. The van der Waals surface area contributed by atoms with Gasteiger partial charge in [-0.3, -0.25) is 0 Å². The number of aryl methyl sites for hydroxylation is 1. The zero-order valence-electron chi connectivity index (χ0n) is 10.5. The van der Waals surface area contributed by atoms with Gasteiger partial charge in [-0.25, -0.2) is 4.98 Å². The van der Waals surface area contributed by atoms with Gasteiger partial charge in [0.2, 0.25) is 0 Å². The Kier molecular flexibility index (Phi) is 3.85. The van der Waals surface area contributed by atoms with Crippen LogP contribution in [0.5, 0.6) is 0 Å². The standard InChI is InChI=1S/C13H21NO2S/c1-9-3-5-13(16,6-4-9)12(15)7-11-8-17-10(2)14-11/h8-9,12,15-16H,3-7H2,1-2H3. The fourth-order valence-electron chi connectivity index (χ4n) is 2.49. The van der Waals surface area contributed by atoms with Crippen LogP contribution < -0.4 is 0 Å². The van der Waals surface area contributed by atoms with E-state index in [1.807, 2.05) is 12.3 Å². The number of aromatic nitrogens is 1. The van der Waals surface area contributed by atoms with E-state index in [0.717, 1.165) is 23.5 Å². The van der Waals surface area contributed by atoms with Crippen molar-refractivity contribution in [2.24, 2.45) is 5.92 Å². The van der Waals surface area contributed by atoms with Crippen molar-refractivity contribution in [1.29, 1.82) is 0 Å². The molecule has 0 saturated heterocycles. The Hall–Kier alpha value is -0.450. The van der Waals surface area contributed by atoms with Crippen molar-refractivity contribution in [3.63, 3.8) is 0 Å². The first-order valence-corrected chi connectivity index (χ1v) is 7.19. The SMILES string of the molecule is Cc1nc(CC(O)C2(O)CCC(C)CC2)cs1. The van der Waals surface area contributed by atoms with Crippen molar-refractivity contribution in [2.75, 3.05) is 0 Å². The van der Waals surface area contributed by atoms with Crippen LogP contribution >= 0.6 is 11.3 Å². The van der Waals surface area contributed by atoms with Gasteiger partial charge in [-0.15, -0.1) is 11.3 Å². The predicted molar refractivity (Wildman–Crippen MR) is 69.1 cm³/mol. The Balaban J connectivity index is 1.97. The summed E-state index contributed by atoms with van der Waals surface area (Å²) in [5.41, 5.74) is -0.00336. The maximum absolute atomic E-state index is 10.5. The van der Waals surface area contributed by atoms with E-state index >= 15 is 0 Å². The topological polar surface area (TPSA) is 53.4 Å². The van der Waals surface area contributed by atoms with Crippen LogP contribution in [0.25, 0.3) is 0 Å². The van der Waals surface area contributed by atoms with Gasteiger partial charge < -0.3 is 10.2 Å². The van der Waals surface area contributed by atoms with Crippen molar-refractivity contribution < 1.29 is 10.2 Å². The van der Waals surface area contributed by atoms with Crippen LogP contribution in [-0.4, -0.2) is 26.9 Å². The van der Waals surface area contributed by atoms with Gasteiger partial charge in [0.05, 0.1) is 22.4 Å². The molecule has 1 aliphatic carbocycles. The van der Waals surface area contributed by atoms with E-state index < -0.39 is 11.7 Å². The third kappa shape index (κ3) is 3.06. The zero-order chi connectivity index (χ0) is 12.5. The van der Waals surface area contributed by atoms with Gasteiger partial charge in [0.1, 0.15) is 0 Å². The van der Waals surface area contributed by atoms with Crippen LogP contribution in [-0.2, 0) is 6.42 Å². The molecule has 0 spiro atoms. The van der Waals surface area contributed by atoms with Gasteiger partial charge in [-0.05, 0) is 38.5 Å². The molecule has 1 aromatic rings. The molecule has 1 atom stereocenters. The van der Waals surface area contributed by atoms with E-state index in [4.69, 9.17) is 0 Å². The van der Waals surface area contributed by atoms with Crippen LogP contribution in [0.3, 0.4) is 0 Å². The first-order chi connectivity index (χ1) is 7.99. The minimum absolute atomic E-state index is 0.467. The summed E-state index contributed by atoms with van der Waals surface area (Å²) < 4.78 is 0. The summed E-state index contributed by atoms with van der Waals surface area (Å²) in [4.78, 5) is 4.34. The van der Waals surface area contributed by atoms with Crippen LogP contribution in [0.4, 0.5) is 0 Å². The minimum atomic E-state index is -0.899. The molecule has 1 fully saturated rings. The second kappa shape index (κ2) is 5.04. The number of hydrogen-bond donors (Lipinski definition) is 2. The monoisotopic (exact) mass is 255 g/mol. The quantitative estimate of drug-likeness (QED) is 0.871. The molecular formula is C13H21NO2S. The lowest BCUT2D eigenvalue weighted by Crippen LogP contribution is -2.46. The second-order valence-corrected chi connectivity index (χ2v) is 6.43. The molecule has 0 aliphatic heterocycles. The van der Waals surface area contributed by atoms with Crippen LogP contribution in [0.2, 0.25) is 0 Å². The van der Waals surface area contributed by atoms with Crippen molar-refractivity contribution in [3.05, 3.63) is 16.1 Å². The molecular weight excluding hydrogens is 234 g/mol. The Morgan fingerprint density at radius 3 is 2.71 bits per heavy atom. The minimum Gasteiger partial charge on any atom is -0.390 e. The highest BCUT2D eigenvalue weighted by molar-refractivity contribution is 7.09. The van der Waals surface area contributed by atoms with E-state index in [1.165, 1.54) is 0 Å². The highest BCUT2D eigenvalue weighted by atomic mass is 32.1. The molecule has 1 aliphatic rings. The van der Waals surface area contributed by atoms with Crippen LogP contribution in [0.15, 0.2) is 5.38 Å². The number of aliphatic hydroxyl groups excluding tert-OH is 1. The smallest absolute Gasteiger partial charge is 0.0909 e. The van der Waals surface area contributed by atoms with Crippen molar-refractivity contribution in [1.82, 2.24) is 4.98 Å². The highest BCUT2D eigenvalue weighted by Gasteiger charge is 2.38. The molecule has 0 radical (unpaired) electrons. The average molecular weight is 255 g/mol. The molecule has 0 bridgehead atoms. The van der Waals surface area contributed by atoms with Crippen molar-refractivity contribution in [2.45, 2.75) is 57.7 Å². The van der Waals surface area contributed by atoms with E-state index in [-0.39, 0.29) is 0 Å². The lowest BCUT2D eigenvalue weighted by Gasteiger charge is -2.38. The molecule has 1 unspecified atom stereocenters. The number of hydrogen-bond acceptors (Lipinski definition) is 4. The lowest BCUT2D eigenvalue weighted by molar-refractivity contribution is -0.102. The summed E-state index contributed by atoms with van der Waals surface area (Å²) in [6.45, 7) is 4.16. The molecule has 17 heavy (non-hydrogen) atoms. The molecule has 96 valence electrons. The van der Waals surface area contributed by atoms with Crippen molar-refractivity contribution in [3.8, 4) is 0 Å². The summed E-state index contributed by atoms with van der Waals surface area (Å²) in [5.74, 6) is 0.670. The van der Waals surface area contributed by atoms with Gasteiger partial charge >= 0.3 is 0 Å². The molecule has 0 aromatic carbocycles. The second-order valence-electron chi connectivity index (χ2n) is 5.36. The lowest BCUT2D eigenvalue weighted by atomic mass is 9.75. The van der Waals surface area contributed by atoms with E-state index in [1.54, 1.807) is 11.3 Å². The third-order valence-corrected chi connectivity index (χ3v) is 4.65. The Morgan fingerprint density at radius 2 is 2.18 bits per heavy atom. The molecule has 1 aromatic heterocycles. The summed E-state index contributed by atoms with van der Waals surface area (Å²) in [6, 6.07) is 0. The maximum Gasteiger partial charge on any atom is 0.0909 e. The van der Waals surface area contributed by atoms with Gasteiger partial charge in [0, 0.05) is 11.8 Å². The number of aliphatic hydroxyl groups is 2. The molecule has 2 N–H and O–H groups in total. The number of rotatable bonds is 3. The molecule has 4 heteroatoms. The third-order valence-electron chi connectivity index (χ3n) is 3.83. The van der Waals surface area contributed by atoms with E-state index in [2.05, 4.69) is 11.9 Å². The zero-order valence-corrected chi connectivity index (χ0v) is 11.3. The average Bonchev–Trinajstić information content (AvgIpc) is 2.68. The van der Waals surface area contributed by atoms with Gasteiger partial charge in [-0.1, -0.05) is 6.92 Å². The van der Waals surface area contributed by atoms with Crippen LogP contribution in [0.1, 0.15) is 43.3 Å². The Labute approximate surface area is 107 Å². The Morgan fingerprint density at radius 1 is 1.53 bits per heavy atom. The fourth-order valence-corrected chi connectivity index (χ4v) is 3.11. The molecule has 1 heterocycles. The maximum atomic E-state index is 10.5. The van der Waals surface area contributed by atoms with Gasteiger partial charge in [0.25, 0.3) is 0 Å². The van der Waals surface area contributed by atoms with Crippen molar-refractivity contribution >= 4 is 11.3 Å². The summed E-state index contributed by atoms with van der Waals surface area (Å²) in [5, 5.41) is 23.6. The largest absolute Gasteiger partial charge is 0.390 e. The molecule has 2 rings (SSSR count). The van der Waals surface area contributed by atoms with E-state index in [9.17, 15) is 10.2 Å². The summed E-state index contributed by atoms with van der Waals surface area (Å²) in [6.07, 6.45) is 3.20. The molecule has 1 saturated carbocycles. The molecule has 3 nitrogen and oxygen atoms in total. The number of thiazole rings is 1. The van der Waals surface area contributed by atoms with Gasteiger partial charge in [0.15, 0.2) is 0 Å². The Bertz CT molecular complexity index is 369. The first-order valence-electron chi connectivity index (χ1n) is 6.31. The predicted octanol–water partition coefficient (Wildman–Crippen LogP) is 2.30. The first kappa shape index (κ1) is 13.0. The normalized spacial score (nSPS) is 31.4. The van der Waals surface area contributed by atoms with Crippen LogP contribution in [0, 0.1) is 12.8 Å². The summed E-state index contributed by atoms with van der Waals surface area (Å²) >= 11 is 1.59. The summed E-state index contributed by atoms with van der Waals surface area (Å²) in [7, 11) is 0. The van der Waals surface area contributed by atoms with E-state index in [0.29, 0.717) is 25.2 Å².